The highest BCUT2D eigenvalue weighted by Gasteiger charge is 2.31. The van der Waals surface area contributed by atoms with E-state index in [4.69, 9.17) is 4.74 Å². The van der Waals surface area contributed by atoms with Crippen LogP contribution in [-0.2, 0) is 11.3 Å². The van der Waals surface area contributed by atoms with Crippen LogP contribution < -0.4 is 0 Å². The first kappa shape index (κ1) is 17.3. The number of benzene rings is 2. The molecular formula is C22H23N3O2. The van der Waals surface area contributed by atoms with Gasteiger partial charge in [0, 0.05) is 6.54 Å². The molecule has 27 heavy (non-hydrogen) atoms. The molecule has 1 saturated heterocycles. The van der Waals surface area contributed by atoms with Gasteiger partial charge in [-0.3, -0.25) is 4.90 Å². The van der Waals surface area contributed by atoms with E-state index in [1.807, 2.05) is 66.9 Å². The minimum atomic E-state index is -0.277. The molecule has 0 bridgehead atoms. The van der Waals surface area contributed by atoms with E-state index in [2.05, 4.69) is 9.97 Å². The third kappa shape index (κ3) is 4.03. The Kier molecular flexibility index (Phi) is 5.19. The monoisotopic (exact) mass is 361 g/mol. The number of aromatic nitrogens is 2. The van der Waals surface area contributed by atoms with Gasteiger partial charge in [0.25, 0.3) is 0 Å². The Labute approximate surface area is 159 Å². The molecule has 3 aromatic rings. The minimum absolute atomic E-state index is 0.0699. The maximum Gasteiger partial charge on any atom is 0.410 e. The minimum Gasteiger partial charge on any atom is -0.445 e. The van der Waals surface area contributed by atoms with E-state index in [0.29, 0.717) is 6.54 Å². The Morgan fingerprint density at radius 1 is 1.07 bits per heavy atom. The Morgan fingerprint density at radius 2 is 1.81 bits per heavy atom. The highest BCUT2D eigenvalue weighted by atomic mass is 16.6. The van der Waals surface area contributed by atoms with Gasteiger partial charge in [0.05, 0.1) is 17.9 Å². The van der Waals surface area contributed by atoms with Crippen molar-refractivity contribution in [1.82, 2.24) is 14.9 Å². The third-order valence-electron chi connectivity index (χ3n) is 4.94. The summed E-state index contributed by atoms with van der Waals surface area (Å²) in [6.45, 7) is 0.982. The molecule has 2 heterocycles. The molecule has 1 aromatic heterocycles. The zero-order valence-electron chi connectivity index (χ0n) is 15.2. The molecule has 0 saturated carbocycles. The number of hydrogen-bond acceptors (Lipinski definition) is 3. The standard InChI is InChI=1S/C22H23N3O2/c26-22(27-16-17-9-3-1-4-10-17)25-14-8-7-13-20(25)21-23-15-19(24-21)18-11-5-2-6-12-18/h1-6,9-12,15,20H,7-8,13-14,16H2,(H,23,24). The predicted octanol–water partition coefficient (Wildman–Crippen LogP) is 4.94. The summed E-state index contributed by atoms with van der Waals surface area (Å²) in [4.78, 5) is 22.5. The summed E-state index contributed by atoms with van der Waals surface area (Å²) in [5, 5.41) is 0. The van der Waals surface area contributed by atoms with E-state index in [1.165, 1.54) is 0 Å². The van der Waals surface area contributed by atoms with Crippen LogP contribution >= 0.6 is 0 Å². The van der Waals surface area contributed by atoms with E-state index in [9.17, 15) is 4.79 Å². The van der Waals surface area contributed by atoms with Crippen LogP contribution in [-0.4, -0.2) is 27.5 Å². The second-order valence-corrected chi connectivity index (χ2v) is 6.79. The summed E-state index contributed by atoms with van der Waals surface area (Å²) in [6, 6.07) is 19.8. The van der Waals surface area contributed by atoms with Gasteiger partial charge < -0.3 is 9.72 Å². The molecule has 5 heteroatoms. The second kappa shape index (κ2) is 8.08. The summed E-state index contributed by atoms with van der Waals surface area (Å²) >= 11 is 0. The van der Waals surface area contributed by atoms with Crippen LogP contribution in [0.25, 0.3) is 11.3 Å². The lowest BCUT2D eigenvalue weighted by molar-refractivity contribution is 0.0660. The fourth-order valence-electron chi connectivity index (χ4n) is 3.51. The number of aromatic amines is 1. The van der Waals surface area contributed by atoms with E-state index >= 15 is 0 Å². The molecule has 4 rings (SSSR count). The number of amides is 1. The summed E-state index contributed by atoms with van der Waals surface area (Å²) in [5.74, 6) is 0.824. The number of likely N-dealkylation sites (tertiary alicyclic amines) is 1. The Morgan fingerprint density at radius 3 is 2.59 bits per heavy atom. The first-order valence-electron chi connectivity index (χ1n) is 9.39. The molecule has 1 unspecified atom stereocenters. The van der Waals surface area contributed by atoms with Crippen molar-refractivity contribution in [2.45, 2.75) is 31.9 Å². The lowest BCUT2D eigenvalue weighted by Gasteiger charge is -2.33. The molecule has 0 radical (unpaired) electrons. The van der Waals surface area contributed by atoms with E-state index in [-0.39, 0.29) is 18.7 Å². The molecule has 0 aliphatic carbocycles. The van der Waals surface area contributed by atoms with Gasteiger partial charge in [0.2, 0.25) is 0 Å². The van der Waals surface area contributed by atoms with Crippen LogP contribution in [0.4, 0.5) is 4.79 Å². The van der Waals surface area contributed by atoms with E-state index in [1.54, 1.807) is 4.90 Å². The first-order chi connectivity index (χ1) is 13.3. The Hall–Kier alpha value is -3.08. The van der Waals surface area contributed by atoms with Crippen molar-refractivity contribution in [1.29, 1.82) is 0 Å². The number of imidazole rings is 1. The molecule has 1 N–H and O–H groups in total. The topological polar surface area (TPSA) is 58.2 Å². The van der Waals surface area contributed by atoms with Gasteiger partial charge in [-0.1, -0.05) is 60.7 Å². The molecule has 1 fully saturated rings. The number of rotatable bonds is 4. The highest BCUT2D eigenvalue weighted by molar-refractivity contribution is 5.68. The number of H-pyrrole nitrogens is 1. The number of nitrogens with one attached hydrogen (secondary N) is 1. The average Bonchev–Trinajstić information content (AvgIpc) is 3.23. The van der Waals surface area contributed by atoms with Crippen molar-refractivity contribution in [3.8, 4) is 11.3 Å². The van der Waals surface area contributed by atoms with Crippen LogP contribution in [0.3, 0.4) is 0 Å². The zero-order valence-corrected chi connectivity index (χ0v) is 15.2. The van der Waals surface area contributed by atoms with Gasteiger partial charge in [0.15, 0.2) is 0 Å². The summed E-state index contributed by atoms with van der Waals surface area (Å²) in [6.07, 6.45) is 4.52. The highest BCUT2D eigenvalue weighted by Crippen LogP contribution is 2.31. The molecule has 1 atom stereocenters. The van der Waals surface area contributed by atoms with Gasteiger partial charge in [0.1, 0.15) is 12.4 Å². The second-order valence-electron chi connectivity index (χ2n) is 6.79. The molecule has 5 nitrogen and oxygen atoms in total. The normalized spacial score (nSPS) is 16.9. The van der Waals surface area contributed by atoms with Crippen molar-refractivity contribution in [3.63, 3.8) is 0 Å². The zero-order chi connectivity index (χ0) is 18.5. The van der Waals surface area contributed by atoms with Crippen LogP contribution in [0.15, 0.2) is 66.9 Å². The molecule has 2 aromatic carbocycles. The molecule has 1 amide bonds. The Balaban J connectivity index is 1.47. The third-order valence-corrected chi connectivity index (χ3v) is 4.94. The van der Waals surface area contributed by atoms with Crippen LogP contribution in [0.2, 0.25) is 0 Å². The Bertz CT molecular complexity index is 877. The van der Waals surface area contributed by atoms with E-state index < -0.39 is 0 Å². The first-order valence-corrected chi connectivity index (χ1v) is 9.39. The largest absolute Gasteiger partial charge is 0.445 e. The van der Waals surface area contributed by atoms with Crippen molar-refractivity contribution in [2.75, 3.05) is 6.54 Å². The summed E-state index contributed by atoms with van der Waals surface area (Å²) in [7, 11) is 0. The van der Waals surface area contributed by atoms with Gasteiger partial charge in [-0.05, 0) is 30.4 Å². The maximum atomic E-state index is 12.7. The van der Waals surface area contributed by atoms with Crippen LogP contribution in [0.1, 0.15) is 36.7 Å². The quantitative estimate of drug-likeness (QED) is 0.716. The number of carbonyl (C=O) groups excluding carboxylic acids is 1. The predicted molar refractivity (Wildman–Crippen MR) is 104 cm³/mol. The van der Waals surface area contributed by atoms with E-state index in [0.717, 1.165) is 41.9 Å². The van der Waals surface area contributed by atoms with Crippen molar-refractivity contribution < 1.29 is 9.53 Å². The summed E-state index contributed by atoms with van der Waals surface area (Å²) in [5.41, 5.74) is 3.04. The molecule has 1 aliphatic rings. The van der Waals surface area contributed by atoms with Crippen molar-refractivity contribution in [2.24, 2.45) is 0 Å². The van der Waals surface area contributed by atoms with Crippen LogP contribution in [0, 0.1) is 0 Å². The maximum absolute atomic E-state index is 12.7. The molecule has 1 aliphatic heterocycles. The number of hydrogen-bond donors (Lipinski definition) is 1. The molecular weight excluding hydrogens is 338 g/mol. The fraction of sp³-hybridized carbons (Fsp3) is 0.273. The van der Waals surface area contributed by atoms with Crippen molar-refractivity contribution >= 4 is 6.09 Å². The average molecular weight is 361 g/mol. The smallest absolute Gasteiger partial charge is 0.410 e. The summed E-state index contributed by atoms with van der Waals surface area (Å²) < 4.78 is 5.56. The molecule has 138 valence electrons. The lowest BCUT2D eigenvalue weighted by atomic mass is 10.0. The number of nitrogens with zero attached hydrogens (tertiary/aromatic N) is 2. The van der Waals surface area contributed by atoms with Crippen molar-refractivity contribution in [3.05, 3.63) is 78.2 Å². The van der Waals surface area contributed by atoms with Gasteiger partial charge in [-0.25, -0.2) is 9.78 Å². The SMILES string of the molecule is O=C(OCc1ccccc1)N1CCCCC1c1ncc(-c2ccccc2)[nH]1. The molecule has 0 spiro atoms. The number of piperidine rings is 1. The number of ether oxygens (including phenoxy) is 1. The van der Waals surface area contributed by atoms with Gasteiger partial charge >= 0.3 is 6.09 Å². The lowest BCUT2D eigenvalue weighted by Crippen LogP contribution is -2.39. The number of carbonyl (C=O) groups is 1. The van der Waals surface area contributed by atoms with Crippen LogP contribution in [0.5, 0.6) is 0 Å². The van der Waals surface area contributed by atoms with Gasteiger partial charge in [-0.15, -0.1) is 0 Å². The fourth-order valence-corrected chi connectivity index (χ4v) is 3.51. The van der Waals surface area contributed by atoms with Gasteiger partial charge in [-0.2, -0.15) is 0 Å².